The van der Waals surface area contributed by atoms with Gasteiger partial charge in [-0.3, -0.25) is 14.2 Å². The molecule has 1 aromatic heterocycles. The van der Waals surface area contributed by atoms with Crippen LogP contribution in [0.2, 0.25) is 0 Å². The molecule has 0 radical (unpaired) electrons. The Morgan fingerprint density at radius 3 is 3.00 bits per heavy atom. The molecule has 1 unspecified atom stereocenters. The summed E-state index contributed by atoms with van der Waals surface area (Å²) in [5.41, 5.74) is 1.04. The average molecular weight is 298 g/mol. The number of benzene rings is 1. The van der Waals surface area contributed by atoms with Gasteiger partial charge in [-0.05, 0) is 37.3 Å². The zero-order valence-electron chi connectivity index (χ0n) is 12.3. The predicted octanol–water partition coefficient (Wildman–Crippen LogP) is 2.30. The number of carbonyl (C=O) groups is 1. The van der Waals surface area contributed by atoms with E-state index >= 15 is 0 Å². The minimum Gasteiger partial charge on any atom is -0.464 e. The van der Waals surface area contributed by atoms with Crippen LogP contribution in [0.3, 0.4) is 0 Å². The molecule has 2 aromatic rings. The topological polar surface area (TPSA) is 61.2 Å². The van der Waals surface area contributed by atoms with Crippen LogP contribution in [-0.2, 0) is 16.1 Å². The normalized spacial score (nSPS) is 17.5. The van der Waals surface area contributed by atoms with E-state index in [1.807, 2.05) is 18.2 Å². The summed E-state index contributed by atoms with van der Waals surface area (Å²) < 4.78 is 6.74. The number of hydrogen-bond acceptors (Lipinski definition) is 4. The van der Waals surface area contributed by atoms with Crippen LogP contribution in [0.25, 0.3) is 11.0 Å². The number of ether oxygens (including phenoxy) is 1. The molecule has 114 valence electrons. The second-order valence-electron chi connectivity index (χ2n) is 5.50. The van der Waals surface area contributed by atoms with Gasteiger partial charge in [0.2, 0.25) is 0 Å². The van der Waals surface area contributed by atoms with Gasteiger partial charge in [-0.2, -0.15) is 0 Å². The Labute approximate surface area is 128 Å². The van der Waals surface area contributed by atoms with Crippen LogP contribution in [0.1, 0.15) is 19.3 Å². The Morgan fingerprint density at radius 1 is 1.32 bits per heavy atom. The molecule has 0 saturated heterocycles. The molecule has 0 aliphatic heterocycles. The number of aromatic nitrogens is 2. The Balaban J connectivity index is 1.70. The number of esters is 1. The number of carbonyl (C=O) groups excluding carboxylic acids is 1. The van der Waals surface area contributed by atoms with Crippen molar-refractivity contribution in [3.63, 3.8) is 0 Å². The van der Waals surface area contributed by atoms with E-state index in [1.165, 1.54) is 10.8 Å². The van der Waals surface area contributed by atoms with Gasteiger partial charge in [-0.15, -0.1) is 0 Å². The van der Waals surface area contributed by atoms with Crippen molar-refractivity contribution >= 4 is 17.0 Å². The second kappa shape index (κ2) is 6.56. The average Bonchev–Trinajstić information content (AvgIpc) is 2.56. The van der Waals surface area contributed by atoms with Gasteiger partial charge in [0.1, 0.15) is 6.54 Å². The first kappa shape index (κ1) is 14.5. The van der Waals surface area contributed by atoms with E-state index in [2.05, 4.69) is 17.1 Å². The molecule has 1 aromatic carbocycles. The Hall–Kier alpha value is -2.43. The third-order valence-corrected chi connectivity index (χ3v) is 3.90. The molecule has 1 aliphatic carbocycles. The number of allylic oxidation sites excluding steroid dienone is 2. The van der Waals surface area contributed by atoms with Gasteiger partial charge in [-0.1, -0.05) is 24.3 Å². The summed E-state index contributed by atoms with van der Waals surface area (Å²) in [6.07, 6.45) is 8.55. The minimum atomic E-state index is -0.381. The lowest BCUT2D eigenvalue weighted by atomic mass is 9.95. The van der Waals surface area contributed by atoms with Crippen molar-refractivity contribution in [2.24, 2.45) is 5.92 Å². The van der Waals surface area contributed by atoms with Gasteiger partial charge in [0.05, 0.1) is 23.8 Å². The fraction of sp³-hybridized carbons (Fsp3) is 0.353. The molecule has 1 aliphatic rings. The maximum Gasteiger partial charge on any atom is 0.326 e. The lowest BCUT2D eigenvalue weighted by Crippen LogP contribution is -2.27. The van der Waals surface area contributed by atoms with Crippen molar-refractivity contribution in [3.8, 4) is 0 Å². The summed E-state index contributed by atoms with van der Waals surface area (Å²) in [4.78, 5) is 28.1. The van der Waals surface area contributed by atoms with Crippen LogP contribution < -0.4 is 5.56 Å². The largest absolute Gasteiger partial charge is 0.464 e. The highest BCUT2D eigenvalue weighted by Crippen LogP contribution is 2.18. The van der Waals surface area contributed by atoms with E-state index in [0.717, 1.165) is 19.3 Å². The van der Waals surface area contributed by atoms with E-state index in [0.29, 0.717) is 23.6 Å². The third kappa shape index (κ3) is 3.24. The number of fused-ring (bicyclic) bond motifs is 1. The van der Waals surface area contributed by atoms with Gasteiger partial charge in [0.25, 0.3) is 5.56 Å². The first-order valence-corrected chi connectivity index (χ1v) is 7.49. The Kier molecular flexibility index (Phi) is 4.32. The van der Waals surface area contributed by atoms with Gasteiger partial charge in [0, 0.05) is 0 Å². The van der Waals surface area contributed by atoms with E-state index in [-0.39, 0.29) is 18.1 Å². The third-order valence-electron chi connectivity index (χ3n) is 3.90. The molecule has 0 amide bonds. The van der Waals surface area contributed by atoms with Gasteiger partial charge in [0.15, 0.2) is 0 Å². The van der Waals surface area contributed by atoms with Crippen LogP contribution in [-0.4, -0.2) is 22.1 Å². The number of hydrogen-bond donors (Lipinski definition) is 0. The summed E-state index contributed by atoms with van der Waals surface area (Å²) in [6.45, 7) is 0.339. The van der Waals surface area contributed by atoms with Crippen molar-refractivity contribution in [2.75, 3.05) is 6.61 Å². The van der Waals surface area contributed by atoms with Crippen molar-refractivity contribution < 1.29 is 9.53 Å². The van der Waals surface area contributed by atoms with Gasteiger partial charge < -0.3 is 4.74 Å². The van der Waals surface area contributed by atoms with E-state index in [1.54, 1.807) is 6.07 Å². The molecular weight excluding hydrogens is 280 g/mol. The molecule has 0 spiro atoms. The molecule has 3 rings (SSSR count). The quantitative estimate of drug-likeness (QED) is 0.642. The molecule has 0 fully saturated rings. The summed E-state index contributed by atoms with van der Waals surface area (Å²) in [5, 5.41) is 0. The first-order chi connectivity index (χ1) is 10.7. The minimum absolute atomic E-state index is 0.0789. The summed E-state index contributed by atoms with van der Waals surface area (Å²) in [7, 11) is 0. The van der Waals surface area contributed by atoms with Crippen molar-refractivity contribution in [2.45, 2.75) is 25.8 Å². The zero-order chi connectivity index (χ0) is 15.4. The summed E-state index contributed by atoms with van der Waals surface area (Å²) in [6, 6.07) is 7.26. The van der Waals surface area contributed by atoms with Gasteiger partial charge >= 0.3 is 5.97 Å². The van der Waals surface area contributed by atoms with Crippen LogP contribution in [0.15, 0.2) is 47.4 Å². The van der Waals surface area contributed by atoms with Crippen LogP contribution >= 0.6 is 0 Å². The van der Waals surface area contributed by atoms with Crippen molar-refractivity contribution in [1.29, 1.82) is 0 Å². The molecular formula is C17H18N2O3. The Morgan fingerprint density at radius 2 is 2.18 bits per heavy atom. The summed E-state index contributed by atoms with van der Waals surface area (Å²) in [5.74, 6) is 0.00728. The zero-order valence-corrected chi connectivity index (χ0v) is 12.3. The smallest absolute Gasteiger partial charge is 0.326 e. The van der Waals surface area contributed by atoms with Crippen molar-refractivity contribution in [1.82, 2.24) is 9.55 Å². The molecule has 5 heteroatoms. The number of para-hydroxylation sites is 2. The van der Waals surface area contributed by atoms with E-state index in [4.69, 9.17) is 4.74 Å². The monoisotopic (exact) mass is 298 g/mol. The Bertz CT molecular complexity index is 764. The fourth-order valence-corrected chi connectivity index (χ4v) is 2.67. The molecule has 0 N–H and O–H groups in total. The highest BCUT2D eigenvalue weighted by Gasteiger charge is 2.14. The number of rotatable bonds is 4. The lowest BCUT2D eigenvalue weighted by Gasteiger charge is -2.17. The second-order valence-corrected chi connectivity index (χ2v) is 5.50. The highest BCUT2D eigenvalue weighted by atomic mass is 16.5. The lowest BCUT2D eigenvalue weighted by molar-refractivity contribution is -0.145. The predicted molar refractivity (Wildman–Crippen MR) is 83.4 cm³/mol. The maximum absolute atomic E-state index is 12.0. The SMILES string of the molecule is O=C(Cn1c(=O)cnc2ccccc21)OCC1CC=CCC1. The number of nitrogens with zero attached hydrogens (tertiary/aromatic N) is 2. The van der Waals surface area contributed by atoms with Crippen LogP contribution in [0.4, 0.5) is 0 Å². The van der Waals surface area contributed by atoms with E-state index in [9.17, 15) is 9.59 Å². The van der Waals surface area contributed by atoms with Crippen molar-refractivity contribution in [3.05, 3.63) is 53.0 Å². The molecule has 1 heterocycles. The summed E-state index contributed by atoms with van der Waals surface area (Å²) >= 11 is 0. The fourth-order valence-electron chi connectivity index (χ4n) is 2.67. The standard InChI is InChI=1S/C17H18N2O3/c20-16-10-18-14-8-4-5-9-15(14)19(16)11-17(21)22-12-13-6-2-1-3-7-13/h1-2,4-5,8-10,13H,3,6-7,11-12H2. The van der Waals surface area contributed by atoms with E-state index < -0.39 is 0 Å². The molecule has 0 bridgehead atoms. The maximum atomic E-state index is 12.0. The van der Waals surface area contributed by atoms with Gasteiger partial charge in [-0.25, -0.2) is 4.98 Å². The first-order valence-electron chi connectivity index (χ1n) is 7.49. The molecule has 0 saturated carbocycles. The molecule has 5 nitrogen and oxygen atoms in total. The highest BCUT2D eigenvalue weighted by molar-refractivity contribution is 5.77. The van der Waals surface area contributed by atoms with Crippen LogP contribution in [0, 0.1) is 5.92 Å². The molecule has 22 heavy (non-hydrogen) atoms. The molecule has 1 atom stereocenters. The van der Waals surface area contributed by atoms with Crippen LogP contribution in [0.5, 0.6) is 0 Å².